The lowest BCUT2D eigenvalue weighted by molar-refractivity contribution is -0.256. The summed E-state index contributed by atoms with van der Waals surface area (Å²) in [5.41, 5.74) is 4.00. The standard InChI is InChI=1S/C20H20O4/c1-3-13-11-17(19(21)22)9-7-15(13)5-6-16-8-10-18(20(23)24)12-14(16)4-2/h5-12H,3-4H2,1-2H3,(H,21,22)(H,23,24)/p-2/b6-5+. The zero-order valence-electron chi connectivity index (χ0n) is 13.7. The Morgan fingerprint density at radius 1 is 0.792 bits per heavy atom. The van der Waals surface area contributed by atoms with Crippen LogP contribution in [0.15, 0.2) is 36.4 Å². The molecule has 0 saturated carbocycles. The van der Waals surface area contributed by atoms with Gasteiger partial charge in [-0.1, -0.05) is 50.3 Å². The van der Waals surface area contributed by atoms with E-state index in [-0.39, 0.29) is 11.1 Å². The number of carbonyl (C=O) groups is 2. The molecule has 124 valence electrons. The number of carbonyl (C=O) groups excluding carboxylic acids is 2. The zero-order chi connectivity index (χ0) is 17.7. The predicted octanol–water partition coefficient (Wildman–Crippen LogP) is 1.71. The van der Waals surface area contributed by atoms with E-state index in [2.05, 4.69) is 0 Å². The van der Waals surface area contributed by atoms with Crippen molar-refractivity contribution in [2.75, 3.05) is 0 Å². The third kappa shape index (κ3) is 3.90. The van der Waals surface area contributed by atoms with Gasteiger partial charge in [-0.15, -0.1) is 0 Å². The minimum absolute atomic E-state index is 0.163. The van der Waals surface area contributed by atoms with Crippen LogP contribution in [0.4, 0.5) is 0 Å². The van der Waals surface area contributed by atoms with Crippen molar-refractivity contribution in [2.45, 2.75) is 26.7 Å². The smallest absolute Gasteiger partial charge is 0.0715 e. The average molecular weight is 322 g/mol. The molecular weight excluding hydrogens is 304 g/mol. The molecule has 0 spiro atoms. The maximum absolute atomic E-state index is 10.9. The number of hydrogen-bond donors (Lipinski definition) is 0. The summed E-state index contributed by atoms with van der Waals surface area (Å²) in [5, 5.41) is 21.9. The number of carboxylic acid groups (broad SMARTS) is 2. The van der Waals surface area contributed by atoms with Crippen LogP contribution in [-0.4, -0.2) is 11.9 Å². The highest BCUT2D eigenvalue weighted by molar-refractivity contribution is 5.88. The van der Waals surface area contributed by atoms with Crippen molar-refractivity contribution in [3.8, 4) is 0 Å². The Morgan fingerprint density at radius 2 is 1.17 bits per heavy atom. The monoisotopic (exact) mass is 322 g/mol. The fourth-order valence-corrected chi connectivity index (χ4v) is 2.58. The van der Waals surface area contributed by atoms with Gasteiger partial charge >= 0.3 is 0 Å². The first kappa shape index (κ1) is 17.5. The summed E-state index contributed by atoms with van der Waals surface area (Å²) >= 11 is 0. The van der Waals surface area contributed by atoms with E-state index in [1.165, 1.54) is 12.1 Å². The van der Waals surface area contributed by atoms with Gasteiger partial charge in [-0.25, -0.2) is 0 Å². The fraction of sp³-hybridized carbons (Fsp3) is 0.200. The number of benzene rings is 2. The van der Waals surface area contributed by atoms with Crippen LogP contribution in [0.1, 0.15) is 56.8 Å². The van der Waals surface area contributed by atoms with Gasteiger partial charge in [0, 0.05) is 0 Å². The first-order chi connectivity index (χ1) is 11.5. The molecular formula is C20H18O4-2. The molecule has 0 aromatic heterocycles. The molecule has 2 rings (SSSR count). The van der Waals surface area contributed by atoms with Crippen molar-refractivity contribution in [2.24, 2.45) is 0 Å². The van der Waals surface area contributed by atoms with E-state index in [0.717, 1.165) is 22.3 Å². The molecule has 0 N–H and O–H groups in total. The summed E-state index contributed by atoms with van der Waals surface area (Å²) in [7, 11) is 0. The van der Waals surface area contributed by atoms with Crippen molar-refractivity contribution in [3.63, 3.8) is 0 Å². The molecule has 0 amide bonds. The van der Waals surface area contributed by atoms with E-state index in [9.17, 15) is 19.8 Å². The van der Waals surface area contributed by atoms with Crippen molar-refractivity contribution < 1.29 is 19.8 Å². The molecule has 0 heterocycles. The molecule has 2 aromatic rings. The Kier molecular flexibility index (Phi) is 5.53. The Morgan fingerprint density at radius 3 is 1.46 bits per heavy atom. The Bertz CT molecular complexity index is 736. The van der Waals surface area contributed by atoms with Crippen LogP contribution < -0.4 is 10.2 Å². The average Bonchev–Trinajstić information content (AvgIpc) is 2.59. The number of hydrogen-bond acceptors (Lipinski definition) is 4. The van der Waals surface area contributed by atoms with Crippen LogP contribution in [0, 0.1) is 0 Å². The van der Waals surface area contributed by atoms with Crippen molar-refractivity contribution in [3.05, 3.63) is 69.8 Å². The topological polar surface area (TPSA) is 80.3 Å². The zero-order valence-corrected chi connectivity index (χ0v) is 13.7. The van der Waals surface area contributed by atoms with Crippen LogP contribution in [0.25, 0.3) is 12.2 Å². The number of carboxylic acids is 2. The Balaban J connectivity index is 2.37. The minimum atomic E-state index is -1.19. The van der Waals surface area contributed by atoms with E-state index in [1.54, 1.807) is 24.3 Å². The second kappa shape index (κ2) is 7.59. The summed E-state index contributed by atoms with van der Waals surface area (Å²) in [6, 6.07) is 9.79. The lowest BCUT2D eigenvalue weighted by Gasteiger charge is -2.10. The number of aromatic carboxylic acids is 2. The molecule has 0 saturated heterocycles. The van der Waals surface area contributed by atoms with Gasteiger partial charge in [0.2, 0.25) is 0 Å². The fourth-order valence-electron chi connectivity index (χ4n) is 2.58. The largest absolute Gasteiger partial charge is 0.545 e. The minimum Gasteiger partial charge on any atom is -0.545 e. The van der Waals surface area contributed by atoms with Crippen LogP contribution in [0.5, 0.6) is 0 Å². The van der Waals surface area contributed by atoms with E-state index in [4.69, 9.17) is 0 Å². The van der Waals surface area contributed by atoms with Gasteiger partial charge in [-0.3, -0.25) is 0 Å². The van der Waals surface area contributed by atoms with E-state index >= 15 is 0 Å². The molecule has 4 nitrogen and oxygen atoms in total. The van der Waals surface area contributed by atoms with Crippen molar-refractivity contribution in [1.82, 2.24) is 0 Å². The molecule has 24 heavy (non-hydrogen) atoms. The quantitative estimate of drug-likeness (QED) is 0.758. The van der Waals surface area contributed by atoms with Gasteiger partial charge in [0.25, 0.3) is 0 Å². The molecule has 2 aromatic carbocycles. The Labute approximate surface area is 141 Å². The highest BCUT2D eigenvalue weighted by atomic mass is 16.4. The van der Waals surface area contributed by atoms with Crippen molar-refractivity contribution in [1.29, 1.82) is 0 Å². The van der Waals surface area contributed by atoms with Crippen LogP contribution in [0.3, 0.4) is 0 Å². The number of rotatable bonds is 6. The lowest BCUT2D eigenvalue weighted by Crippen LogP contribution is -2.22. The third-order valence-corrected chi connectivity index (χ3v) is 3.96. The van der Waals surface area contributed by atoms with Crippen LogP contribution in [0.2, 0.25) is 0 Å². The maximum Gasteiger partial charge on any atom is 0.0715 e. The van der Waals surface area contributed by atoms with Crippen molar-refractivity contribution >= 4 is 24.1 Å². The molecule has 4 heteroatoms. The molecule has 0 bridgehead atoms. The maximum atomic E-state index is 10.9. The molecule has 0 aliphatic rings. The van der Waals surface area contributed by atoms with Gasteiger partial charge in [-0.05, 0) is 58.4 Å². The second-order valence-electron chi connectivity index (χ2n) is 5.44. The SMILES string of the molecule is CCc1cc(C(=O)[O-])ccc1/C=C/c1ccc(C(=O)[O-])cc1CC. The third-order valence-electron chi connectivity index (χ3n) is 3.96. The summed E-state index contributed by atoms with van der Waals surface area (Å²) in [4.78, 5) is 21.9. The van der Waals surface area contributed by atoms with E-state index < -0.39 is 11.9 Å². The van der Waals surface area contributed by atoms with Crippen LogP contribution >= 0.6 is 0 Å². The highest BCUT2D eigenvalue weighted by Crippen LogP contribution is 2.19. The summed E-state index contributed by atoms with van der Waals surface area (Å²) in [5.74, 6) is -2.38. The molecule has 0 atom stereocenters. The van der Waals surface area contributed by atoms with E-state index in [1.807, 2.05) is 26.0 Å². The van der Waals surface area contributed by atoms with Gasteiger partial charge in [0.15, 0.2) is 0 Å². The highest BCUT2D eigenvalue weighted by Gasteiger charge is 2.03. The molecule has 0 fully saturated rings. The molecule has 0 aliphatic heterocycles. The number of aryl methyl sites for hydroxylation is 2. The van der Waals surface area contributed by atoms with Gasteiger partial charge in [0.1, 0.15) is 0 Å². The van der Waals surface area contributed by atoms with Gasteiger partial charge in [-0.2, -0.15) is 0 Å². The summed E-state index contributed by atoms with van der Waals surface area (Å²) < 4.78 is 0. The van der Waals surface area contributed by atoms with Crippen LogP contribution in [-0.2, 0) is 12.8 Å². The van der Waals surface area contributed by atoms with Gasteiger partial charge in [0.05, 0.1) is 11.9 Å². The normalized spacial score (nSPS) is 10.9. The first-order valence-corrected chi connectivity index (χ1v) is 7.82. The second-order valence-corrected chi connectivity index (χ2v) is 5.44. The van der Waals surface area contributed by atoms with E-state index in [0.29, 0.717) is 12.8 Å². The lowest BCUT2D eigenvalue weighted by atomic mass is 9.98. The summed E-state index contributed by atoms with van der Waals surface area (Å²) in [6.07, 6.45) is 5.21. The molecule has 0 unspecified atom stereocenters. The molecule has 0 aliphatic carbocycles. The molecule has 0 radical (unpaired) electrons. The first-order valence-electron chi connectivity index (χ1n) is 7.82. The van der Waals surface area contributed by atoms with Gasteiger partial charge < -0.3 is 19.8 Å². The Hall–Kier alpha value is -2.88. The summed E-state index contributed by atoms with van der Waals surface area (Å²) in [6.45, 7) is 3.91. The predicted molar refractivity (Wildman–Crippen MR) is 89.2 cm³/mol.